The molecule has 0 spiro atoms. The van der Waals surface area contributed by atoms with E-state index in [-0.39, 0.29) is 0 Å². The van der Waals surface area contributed by atoms with Crippen molar-refractivity contribution in [1.29, 1.82) is 0 Å². The fraction of sp³-hybridized carbons (Fsp3) is 0.150. The van der Waals surface area contributed by atoms with E-state index < -0.39 is 5.97 Å². The van der Waals surface area contributed by atoms with Crippen molar-refractivity contribution in [3.63, 3.8) is 0 Å². The van der Waals surface area contributed by atoms with Gasteiger partial charge in [-0.25, -0.2) is 4.79 Å². The highest BCUT2D eigenvalue weighted by atomic mass is 16.4. The maximum atomic E-state index is 11.0. The molecule has 0 bridgehead atoms. The molecule has 0 aliphatic rings. The van der Waals surface area contributed by atoms with E-state index in [1.54, 1.807) is 13.0 Å². The molecule has 0 aliphatic heterocycles. The van der Waals surface area contributed by atoms with Crippen LogP contribution in [0.25, 0.3) is 28.1 Å². The van der Waals surface area contributed by atoms with Crippen LogP contribution < -0.4 is 0 Å². The number of nitrogens with one attached hydrogen (secondary N) is 1. The predicted molar refractivity (Wildman–Crippen MR) is 94.5 cm³/mol. The van der Waals surface area contributed by atoms with E-state index in [2.05, 4.69) is 42.2 Å². The number of fused-ring (bicyclic) bond motifs is 1. The Labute approximate surface area is 135 Å². The minimum Gasteiger partial charge on any atom is -0.478 e. The Hall–Kier alpha value is -2.81. The largest absolute Gasteiger partial charge is 0.478 e. The zero-order valence-corrected chi connectivity index (χ0v) is 13.5. The number of H-pyrrole nitrogens is 1. The molecular formula is C20H19NO2. The highest BCUT2D eigenvalue weighted by Crippen LogP contribution is 2.32. The first-order valence-corrected chi connectivity index (χ1v) is 7.56. The van der Waals surface area contributed by atoms with Gasteiger partial charge in [0.2, 0.25) is 0 Å². The molecule has 0 atom stereocenters. The molecule has 0 saturated carbocycles. The second kappa shape index (κ2) is 5.76. The highest BCUT2D eigenvalue weighted by Gasteiger charge is 2.10. The van der Waals surface area contributed by atoms with Crippen molar-refractivity contribution >= 4 is 22.9 Å². The summed E-state index contributed by atoms with van der Waals surface area (Å²) < 4.78 is 0. The van der Waals surface area contributed by atoms with E-state index in [1.165, 1.54) is 16.5 Å². The molecule has 0 aliphatic carbocycles. The van der Waals surface area contributed by atoms with Crippen LogP contribution in [0, 0.1) is 13.8 Å². The summed E-state index contributed by atoms with van der Waals surface area (Å²) >= 11 is 0. The monoisotopic (exact) mass is 305 g/mol. The van der Waals surface area contributed by atoms with Crippen LogP contribution in [0.3, 0.4) is 0 Å². The predicted octanol–water partition coefficient (Wildman–Crippen LogP) is 4.94. The van der Waals surface area contributed by atoms with E-state index in [0.717, 1.165) is 22.2 Å². The Morgan fingerprint density at radius 2 is 1.87 bits per heavy atom. The molecule has 0 amide bonds. The zero-order chi connectivity index (χ0) is 16.6. The number of carboxylic acid groups (broad SMARTS) is 1. The molecule has 0 radical (unpaired) electrons. The van der Waals surface area contributed by atoms with Crippen molar-refractivity contribution in [2.75, 3.05) is 0 Å². The molecule has 3 heteroatoms. The lowest BCUT2D eigenvalue weighted by Crippen LogP contribution is -1.97. The summed E-state index contributed by atoms with van der Waals surface area (Å²) in [6, 6.07) is 12.5. The van der Waals surface area contributed by atoms with Crippen LogP contribution >= 0.6 is 0 Å². The van der Waals surface area contributed by atoms with Gasteiger partial charge in [-0.05, 0) is 66.8 Å². The van der Waals surface area contributed by atoms with Crippen molar-refractivity contribution in [1.82, 2.24) is 4.98 Å². The number of rotatable bonds is 3. The van der Waals surface area contributed by atoms with Crippen LogP contribution in [-0.4, -0.2) is 16.1 Å². The lowest BCUT2D eigenvalue weighted by molar-refractivity contribution is -0.132. The average molecular weight is 305 g/mol. The summed E-state index contributed by atoms with van der Waals surface area (Å²) in [7, 11) is 0. The first-order valence-electron chi connectivity index (χ1n) is 7.56. The number of aryl methyl sites for hydroxylation is 2. The quantitative estimate of drug-likeness (QED) is 0.673. The van der Waals surface area contributed by atoms with Gasteiger partial charge in [0.05, 0.1) is 0 Å². The van der Waals surface area contributed by atoms with Gasteiger partial charge in [-0.2, -0.15) is 0 Å². The molecule has 116 valence electrons. The number of carboxylic acids is 1. The van der Waals surface area contributed by atoms with E-state index in [0.29, 0.717) is 5.57 Å². The average Bonchev–Trinajstić information content (AvgIpc) is 2.99. The number of hydrogen-bond acceptors (Lipinski definition) is 1. The fourth-order valence-electron chi connectivity index (χ4n) is 2.90. The Morgan fingerprint density at radius 1 is 1.09 bits per heavy atom. The Morgan fingerprint density at radius 3 is 2.61 bits per heavy atom. The number of carbonyl (C=O) groups is 1. The zero-order valence-electron chi connectivity index (χ0n) is 13.5. The standard InChI is InChI=1S/C20H19NO2/c1-12-11-18(13(2)9-15(12)10-14(3)20(22)23)16-5-4-6-19-17(16)7-8-21-19/h4-11,21H,1-3H3,(H,22,23). The SMILES string of the molecule is CC(=Cc1cc(C)c(-c2cccc3[nH]ccc23)cc1C)C(=O)O. The van der Waals surface area contributed by atoms with Gasteiger partial charge in [0.15, 0.2) is 0 Å². The topological polar surface area (TPSA) is 53.1 Å². The van der Waals surface area contributed by atoms with E-state index in [1.807, 2.05) is 19.2 Å². The number of hydrogen-bond donors (Lipinski definition) is 2. The van der Waals surface area contributed by atoms with E-state index in [4.69, 9.17) is 5.11 Å². The van der Waals surface area contributed by atoms with Crippen LogP contribution in [0.1, 0.15) is 23.6 Å². The molecule has 0 fully saturated rings. The summed E-state index contributed by atoms with van der Waals surface area (Å²) in [5.74, 6) is -0.886. The van der Waals surface area contributed by atoms with Gasteiger partial charge in [-0.3, -0.25) is 0 Å². The number of aliphatic carboxylic acids is 1. The third-order valence-electron chi connectivity index (χ3n) is 4.21. The molecule has 3 aromatic rings. The van der Waals surface area contributed by atoms with Crippen molar-refractivity contribution in [3.8, 4) is 11.1 Å². The molecule has 23 heavy (non-hydrogen) atoms. The fourth-order valence-corrected chi connectivity index (χ4v) is 2.90. The molecular weight excluding hydrogens is 286 g/mol. The van der Waals surface area contributed by atoms with Crippen molar-refractivity contribution in [3.05, 3.63) is 64.9 Å². The summed E-state index contributed by atoms with van der Waals surface area (Å²) in [4.78, 5) is 14.3. The lowest BCUT2D eigenvalue weighted by Gasteiger charge is -2.12. The number of benzene rings is 2. The molecule has 2 N–H and O–H groups in total. The first-order chi connectivity index (χ1) is 11.0. The second-order valence-corrected chi connectivity index (χ2v) is 5.90. The summed E-state index contributed by atoms with van der Waals surface area (Å²) in [5, 5.41) is 10.3. The van der Waals surface area contributed by atoms with Crippen molar-refractivity contribution in [2.45, 2.75) is 20.8 Å². The molecule has 3 nitrogen and oxygen atoms in total. The molecule has 1 heterocycles. The van der Waals surface area contributed by atoms with Gasteiger partial charge in [-0.15, -0.1) is 0 Å². The highest BCUT2D eigenvalue weighted by molar-refractivity contribution is 5.96. The first kappa shape index (κ1) is 15.1. The smallest absolute Gasteiger partial charge is 0.331 e. The maximum Gasteiger partial charge on any atom is 0.331 e. The summed E-state index contributed by atoms with van der Waals surface area (Å²) in [5.41, 5.74) is 6.98. The molecule has 0 saturated heterocycles. The second-order valence-electron chi connectivity index (χ2n) is 5.90. The van der Waals surface area contributed by atoms with Gasteiger partial charge < -0.3 is 10.1 Å². The lowest BCUT2D eigenvalue weighted by atomic mass is 9.92. The molecule has 3 rings (SSSR count). The van der Waals surface area contributed by atoms with Gasteiger partial charge >= 0.3 is 5.97 Å². The van der Waals surface area contributed by atoms with Crippen LogP contribution in [0.5, 0.6) is 0 Å². The summed E-state index contributed by atoms with van der Waals surface area (Å²) in [6.45, 7) is 5.69. The summed E-state index contributed by atoms with van der Waals surface area (Å²) in [6.07, 6.45) is 3.68. The molecule has 1 aromatic heterocycles. The van der Waals surface area contributed by atoms with Gasteiger partial charge in [-0.1, -0.05) is 24.3 Å². The molecule has 0 unspecified atom stereocenters. The van der Waals surface area contributed by atoms with Gasteiger partial charge in [0.1, 0.15) is 0 Å². The van der Waals surface area contributed by atoms with Crippen LogP contribution in [0.4, 0.5) is 0 Å². The van der Waals surface area contributed by atoms with E-state index in [9.17, 15) is 4.79 Å². The van der Waals surface area contributed by atoms with Crippen LogP contribution in [0.2, 0.25) is 0 Å². The number of aromatic amines is 1. The van der Waals surface area contributed by atoms with Gasteiger partial charge in [0.25, 0.3) is 0 Å². The third-order valence-corrected chi connectivity index (χ3v) is 4.21. The maximum absolute atomic E-state index is 11.0. The van der Waals surface area contributed by atoms with E-state index >= 15 is 0 Å². The van der Waals surface area contributed by atoms with Crippen LogP contribution in [-0.2, 0) is 4.79 Å². The Balaban J connectivity index is 2.16. The van der Waals surface area contributed by atoms with Gasteiger partial charge in [0, 0.05) is 22.7 Å². The van der Waals surface area contributed by atoms with Crippen molar-refractivity contribution < 1.29 is 9.90 Å². The van der Waals surface area contributed by atoms with Crippen molar-refractivity contribution in [2.24, 2.45) is 0 Å². The number of aromatic nitrogens is 1. The Kier molecular flexibility index (Phi) is 3.78. The Bertz CT molecular complexity index is 932. The third kappa shape index (κ3) is 2.78. The minimum absolute atomic E-state index is 0.341. The molecule has 2 aromatic carbocycles. The normalized spacial score (nSPS) is 11.9. The van der Waals surface area contributed by atoms with Crippen LogP contribution in [0.15, 0.2) is 48.2 Å². The minimum atomic E-state index is -0.886.